The van der Waals surface area contributed by atoms with Crippen molar-refractivity contribution in [2.75, 3.05) is 13.2 Å². The summed E-state index contributed by atoms with van der Waals surface area (Å²) in [4.78, 5) is 0. The van der Waals surface area contributed by atoms with E-state index in [-0.39, 0.29) is 12.2 Å². The maximum Gasteiger partial charge on any atom is 0.0856 e. The molecule has 0 aromatic heterocycles. The highest BCUT2D eigenvalue weighted by Crippen LogP contribution is 2.21. The summed E-state index contributed by atoms with van der Waals surface area (Å²) in [5, 5.41) is 10.1. The van der Waals surface area contributed by atoms with Gasteiger partial charge in [0.25, 0.3) is 0 Å². The van der Waals surface area contributed by atoms with E-state index >= 15 is 0 Å². The Hall–Kier alpha value is -0.120. The molecule has 0 saturated carbocycles. The highest BCUT2D eigenvalue weighted by atomic mass is 16.5. The Balaban J connectivity index is 2.27. The fourth-order valence-corrected chi connectivity index (χ4v) is 2.33. The molecule has 3 heteroatoms. The van der Waals surface area contributed by atoms with E-state index in [2.05, 4.69) is 13.8 Å². The standard InChI is InChI=1S/C13H26O3/c1-4-15-13(10(2)3)12(14)8-7-11-6-5-9-16-11/h10-14H,4-9H2,1-3H3. The lowest BCUT2D eigenvalue weighted by Gasteiger charge is -2.26. The van der Waals surface area contributed by atoms with Crippen LogP contribution in [-0.4, -0.2) is 36.6 Å². The van der Waals surface area contributed by atoms with E-state index in [1.165, 1.54) is 6.42 Å². The van der Waals surface area contributed by atoms with Crippen LogP contribution in [0.1, 0.15) is 46.5 Å². The highest BCUT2D eigenvalue weighted by Gasteiger charge is 2.25. The average molecular weight is 230 g/mol. The van der Waals surface area contributed by atoms with Crippen molar-refractivity contribution in [2.24, 2.45) is 5.92 Å². The Labute approximate surface area is 99.1 Å². The first-order valence-electron chi connectivity index (χ1n) is 6.56. The molecule has 1 aliphatic heterocycles. The van der Waals surface area contributed by atoms with Gasteiger partial charge in [-0.3, -0.25) is 0 Å². The molecule has 1 saturated heterocycles. The number of hydrogen-bond donors (Lipinski definition) is 1. The van der Waals surface area contributed by atoms with Crippen LogP contribution >= 0.6 is 0 Å². The predicted molar refractivity (Wildman–Crippen MR) is 64.5 cm³/mol. The molecule has 0 spiro atoms. The van der Waals surface area contributed by atoms with Crippen LogP contribution in [0.3, 0.4) is 0 Å². The van der Waals surface area contributed by atoms with Gasteiger partial charge >= 0.3 is 0 Å². The van der Waals surface area contributed by atoms with Crippen LogP contribution in [0.4, 0.5) is 0 Å². The summed E-state index contributed by atoms with van der Waals surface area (Å²) in [6.45, 7) is 7.72. The van der Waals surface area contributed by atoms with Gasteiger partial charge in [0.05, 0.1) is 18.3 Å². The zero-order valence-electron chi connectivity index (χ0n) is 10.8. The second-order valence-corrected chi connectivity index (χ2v) is 4.94. The Morgan fingerprint density at radius 3 is 2.69 bits per heavy atom. The number of aliphatic hydroxyl groups is 1. The molecular formula is C13H26O3. The predicted octanol–water partition coefficient (Wildman–Crippen LogP) is 2.37. The Morgan fingerprint density at radius 2 is 2.19 bits per heavy atom. The van der Waals surface area contributed by atoms with Crippen LogP contribution in [0.25, 0.3) is 0 Å². The molecule has 3 nitrogen and oxygen atoms in total. The minimum Gasteiger partial charge on any atom is -0.390 e. The molecule has 3 atom stereocenters. The molecule has 0 aromatic carbocycles. The van der Waals surface area contributed by atoms with Gasteiger partial charge in [0.2, 0.25) is 0 Å². The van der Waals surface area contributed by atoms with Crippen LogP contribution in [0, 0.1) is 5.92 Å². The zero-order chi connectivity index (χ0) is 12.0. The van der Waals surface area contributed by atoms with E-state index in [1.54, 1.807) is 0 Å². The van der Waals surface area contributed by atoms with Crippen LogP contribution in [-0.2, 0) is 9.47 Å². The van der Waals surface area contributed by atoms with E-state index < -0.39 is 0 Å². The zero-order valence-corrected chi connectivity index (χ0v) is 10.8. The van der Waals surface area contributed by atoms with E-state index in [0.29, 0.717) is 18.6 Å². The molecule has 1 fully saturated rings. The first-order chi connectivity index (χ1) is 7.65. The molecule has 16 heavy (non-hydrogen) atoms. The molecule has 1 N–H and O–H groups in total. The maximum atomic E-state index is 10.1. The fraction of sp³-hybridized carbons (Fsp3) is 1.00. The van der Waals surface area contributed by atoms with Crippen LogP contribution in [0.2, 0.25) is 0 Å². The summed E-state index contributed by atoms with van der Waals surface area (Å²) in [7, 11) is 0. The summed E-state index contributed by atoms with van der Waals surface area (Å²) in [6.07, 6.45) is 4.03. The monoisotopic (exact) mass is 230 g/mol. The first-order valence-corrected chi connectivity index (χ1v) is 6.56. The van der Waals surface area contributed by atoms with E-state index in [1.807, 2.05) is 6.92 Å². The topological polar surface area (TPSA) is 38.7 Å². The van der Waals surface area contributed by atoms with Crippen LogP contribution in [0.5, 0.6) is 0 Å². The van der Waals surface area contributed by atoms with Gasteiger partial charge in [-0.2, -0.15) is 0 Å². The summed E-state index contributed by atoms with van der Waals surface area (Å²) in [5.74, 6) is 0.361. The smallest absolute Gasteiger partial charge is 0.0856 e. The summed E-state index contributed by atoms with van der Waals surface area (Å²) in [6, 6.07) is 0. The lowest BCUT2D eigenvalue weighted by Crippen LogP contribution is -2.34. The third-order valence-electron chi connectivity index (χ3n) is 3.20. The second-order valence-electron chi connectivity index (χ2n) is 4.94. The first kappa shape index (κ1) is 13.9. The largest absolute Gasteiger partial charge is 0.390 e. The van der Waals surface area contributed by atoms with Crippen molar-refractivity contribution in [3.8, 4) is 0 Å². The number of aliphatic hydroxyl groups excluding tert-OH is 1. The van der Waals surface area contributed by atoms with E-state index in [4.69, 9.17) is 9.47 Å². The minimum atomic E-state index is -0.357. The number of hydrogen-bond acceptors (Lipinski definition) is 3. The van der Waals surface area contributed by atoms with Gasteiger partial charge in [0, 0.05) is 13.2 Å². The molecule has 1 rings (SSSR count). The average Bonchev–Trinajstić information content (AvgIpc) is 2.75. The summed E-state index contributed by atoms with van der Waals surface area (Å²) >= 11 is 0. The molecule has 0 amide bonds. The third-order valence-corrected chi connectivity index (χ3v) is 3.20. The van der Waals surface area contributed by atoms with Gasteiger partial charge in [-0.15, -0.1) is 0 Å². The van der Waals surface area contributed by atoms with Crippen molar-refractivity contribution in [3.63, 3.8) is 0 Å². The molecular weight excluding hydrogens is 204 g/mol. The van der Waals surface area contributed by atoms with Crippen LogP contribution in [0.15, 0.2) is 0 Å². The van der Waals surface area contributed by atoms with Gasteiger partial charge in [-0.25, -0.2) is 0 Å². The Bertz CT molecular complexity index is 176. The lowest BCUT2D eigenvalue weighted by atomic mass is 9.96. The summed E-state index contributed by atoms with van der Waals surface area (Å²) < 4.78 is 11.1. The summed E-state index contributed by atoms with van der Waals surface area (Å²) in [5.41, 5.74) is 0. The molecule has 0 aliphatic carbocycles. The highest BCUT2D eigenvalue weighted by molar-refractivity contribution is 4.75. The molecule has 0 bridgehead atoms. The minimum absolute atomic E-state index is 0.0357. The lowest BCUT2D eigenvalue weighted by molar-refractivity contribution is -0.0638. The second kappa shape index (κ2) is 7.25. The Morgan fingerprint density at radius 1 is 1.44 bits per heavy atom. The van der Waals surface area contributed by atoms with E-state index in [0.717, 1.165) is 25.9 Å². The van der Waals surface area contributed by atoms with Crippen molar-refractivity contribution < 1.29 is 14.6 Å². The van der Waals surface area contributed by atoms with Gasteiger partial charge in [-0.1, -0.05) is 13.8 Å². The molecule has 96 valence electrons. The third kappa shape index (κ3) is 4.40. The van der Waals surface area contributed by atoms with Crippen molar-refractivity contribution in [1.82, 2.24) is 0 Å². The number of ether oxygens (including phenoxy) is 2. The van der Waals surface area contributed by atoms with Crippen molar-refractivity contribution in [2.45, 2.75) is 64.8 Å². The normalized spacial score (nSPS) is 24.9. The van der Waals surface area contributed by atoms with Crippen molar-refractivity contribution in [1.29, 1.82) is 0 Å². The molecule has 1 heterocycles. The molecule has 0 radical (unpaired) electrons. The van der Waals surface area contributed by atoms with Crippen molar-refractivity contribution in [3.05, 3.63) is 0 Å². The van der Waals surface area contributed by atoms with Gasteiger partial charge in [-0.05, 0) is 38.5 Å². The van der Waals surface area contributed by atoms with Gasteiger partial charge in [0.15, 0.2) is 0 Å². The molecule has 0 aromatic rings. The Kier molecular flexibility index (Phi) is 6.32. The number of rotatable bonds is 7. The SMILES string of the molecule is CCOC(C(C)C)C(O)CCC1CCCO1. The van der Waals surface area contributed by atoms with Gasteiger partial charge < -0.3 is 14.6 Å². The maximum absolute atomic E-state index is 10.1. The molecule has 3 unspecified atom stereocenters. The quantitative estimate of drug-likeness (QED) is 0.729. The van der Waals surface area contributed by atoms with Crippen molar-refractivity contribution >= 4 is 0 Å². The van der Waals surface area contributed by atoms with Gasteiger partial charge in [0.1, 0.15) is 0 Å². The molecule has 1 aliphatic rings. The van der Waals surface area contributed by atoms with E-state index in [9.17, 15) is 5.11 Å². The van der Waals surface area contributed by atoms with Crippen LogP contribution < -0.4 is 0 Å². The fourth-order valence-electron chi connectivity index (χ4n) is 2.33.